The Balaban J connectivity index is 2.88. The average Bonchev–Trinajstić information content (AvgIpc) is 2.05. The zero-order valence-corrected chi connectivity index (χ0v) is 7.99. The zero-order valence-electron chi connectivity index (χ0n) is 6.40. The summed E-state index contributed by atoms with van der Waals surface area (Å²) >= 11 is 3.28. The van der Waals surface area contributed by atoms with Crippen molar-refractivity contribution in [2.45, 2.75) is 6.54 Å². The number of halogens is 1. The fraction of sp³-hybridized carbons (Fsp3) is 0.250. The van der Waals surface area contributed by atoms with E-state index in [2.05, 4.69) is 15.9 Å². The van der Waals surface area contributed by atoms with E-state index < -0.39 is 5.97 Å². The highest BCUT2D eigenvalue weighted by Crippen LogP contribution is 1.93. The number of hydrogen-bond donors (Lipinski definition) is 1. The van der Waals surface area contributed by atoms with Crippen molar-refractivity contribution in [3.05, 3.63) is 30.1 Å². The van der Waals surface area contributed by atoms with Gasteiger partial charge in [0.1, 0.15) is 5.56 Å². The minimum absolute atomic E-state index is 0.318. The van der Waals surface area contributed by atoms with Gasteiger partial charge in [0.15, 0.2) is 18.9 Å². The van der Waals surface area contributed by atoms with Crippen LogP contribution in [0.2, 0.25) is 0 Å². The van der Waals surface area contributed by atoms with Crippen LogP contribution in [0.15, 0.2) is 24.5 Å². The van der Waals surface area contributed by atoms with Crippen molar-refractivity contribution in [2.24, 2.45) is 0 Å². The van der Waals surface area contributed by atoms with Crippen LogP contribution in [0.4, 0.5) is 0 Å². The molecule has 1 aromatic heterocycles. The molecule has 1 heterocycles. The molecule has 0 aliphatic heterocycles. The molecule has 0 saturated heterocycles. The summed E-state index contributed by atoms with van der Waals surface area (Å²) in [6.07, 6.45) is 3.46. The SMILES string of the molecule is O=C(O)c1ccc[n+](CCBr)c1. The second-order valence-corrected chi connectivity index (χ2v) is 3.12. The van der Waals surface area contributed by atoms with Crippen LogP contribution in [0.25, 0.3) is 0 Å². The van der Waals surface area contributed by atoms with Gasteiger partial charge in [-0.05, 0) is 6.07 Å². The maximum absolute atomic E-state index is 10.5. The molecule has 0 aromatic carbocycles. The Kier molecular flexibility index (Phi) is 3.22. The molecule has 1 aromatic rings. The maximum atomic E-state index is 10.5. The van der Waals surface area contributed by atoms with Crippen molar-refractivity contribution in [3.63, 3.8) is 0 Å². The monoisotopic (exact) mass is 230 g/mol. The van der Waals surface area contributed by atoms with Gasteiger partial charge in [0.05, 0.1) is 5.33 Å². The van der Waals surface area contributed by atoms with Gasteiger partial charge in [0.25, 0.3) is 0 Å². The van der Waals surface area contributed by atoms with Gasteiger partial charge in [-0.2, -0.15) is 0 Å². The Morgan fingerprint density at radius 3 is 3.00 bits per heavy atom. The molecular weight excluding hydrogens is 222 g/mol. The summed E-state index contributed by atoms with van der Waals surface area (Å²) in [6, 6.07) is 3.30. The molecule has 3 nitrogen and oxygen atoms in total. The van der Waals surface area contributed by atoms with E-state index in [0.717, 1.165) is 11.9 Å². The van der Waals surface area contributed by atoms with Gasteiger partial charge in [-0.15, -0.1) is 0 Å². The standard InChI is InChI=1S/C8H8BrNO2/c9-3-5-10-4-1-2-7(6-10)8(11)12/h1-2,4,6H,3,5H2/p+1. The Morgan fingerprint density at radius 2 is 2.42 bits per heavy atom. The number of alkyl halides is 1. The molecule has 0 fully saturated rings. The van der Waals surface area contributed by atoms with E-state index in [1.807, 2.05) is 10.8 Å². The van der Waals surface area contributed by atoms with Crippen LogP contribution in [0.5, 0.6) is 0 Å². The van der Waals surface area contributed by atoms with Gasteiger partial charge in [0.2, 0.25) is 0 Å². The first kappa shape index (κ1) is 9.19. The van der Waals surface area contributed by atoms with Crippen molar-refractivity contribution in [3.8, 4) is 0 Å². The predicted octanol–water partition coefficient (Wildman–Crippen LogP) is 1.07. The third-order valence-electron chi connectivity index (χ3n) is 1.45. The lowest BCUT2D eigenvalue weighted by Crippen LogP contribution is -2.34. The summed E-state index contributed by atoms with van der Waals surface area (Å²) < 4.78 is 1.83. The van der Waals surface area contributed by atoms with Crippen molar-refractivity contribution >= 4 is 21.9 Å². The minimum Gasteiger partial charge on any atom is -0.477 e. The van der Waals surface area contributed by atoms with Crippen LogP contribution >= 0.6 is 15.9 Å². The van der Waals surface area contributed by atoms with Crippen LogP contribution in [-0.2, 0) is 6.54 Å². The molecule has 0 radical (unpaired) electrons. The van der Waals surface area contributed by atoms with E-state index in [4.69, 9.17) is 5.11 Å². The Hall–Kier alpha value is -0.900. The Morgan fingerprint density at radius 1 is 1.67 bits per heavy atom. The fourth-order valence-electron chi connectivity index (χ4n) is 0.885. The molecule has 0 saturated carbocycles. The van der Waals surface area contributed by atoms with E-state index in [9.17, 15) is 4.79 Å². The molecule has 0 unspecified atom stereocenters. The molecule has 12 heavy (non-hydrogen) atoms. The van der Waals surface area contributed by atoms with Gasteiger partial charge in [-0.3, -0.25) is 0 Å². The van der Waals surface area contributed by atoms with E-state index in [1.165, 1.54) is 0 Å². The lowest BCUT2D eigenvalue weighted by atomic mass is 10.3. The molecule has 0 aliphatic carbocycles. The van der Waals surface area contributed by atoms with Crippen LogP contribution in [0, 0.1) is 0 Å². The molecular formula is C8H9BrNO2+. The molecule has 0 amide bonds. The van der Waals surface area contributed by atoms with Crippen LogP contribution in [0.3, 0.4) is 0 Å². The average molecular weight is 231 g/mol. The first-order valence-electron chi connectivity index (χ1n) is 3.52. The number of aromatic carboxylic acids is 1. The summed E-state index contributed by atoms with van der Waals surface area (Å²) in [5.74, 6) is -0.890. The zero-order chi connectivity index (χ0) is 8.97. The largest absolute Gasteiger partial charge is 0.477 e. The smallest absolute Gasteiger partial charge is 0.341 e. The number of nitrogens with zero attached hydrogens (tertiary/aromatic N) is 1. The highest BCUT2D eigenvalue weighted by atomic mass is 79.9. The van der Waals surface area contributed by atoms with E-state index in [1.54, 1.807) is 18.3 Å². The number of aryl methyl sites for hydroxylation is 1. The van der Waals surface area contributed by atoms with Gasteiger partial charge in [-0.25, -0.2) is 9.36 Å². The highest BCUT2D eigenvalue weighted by molar-refractivity contribution is 9.09. The molecule has 1 N–H and O–H groups in total. The first-order valence-corrected chi connectivity index (χ1v) is 4.64. The van der Waals surface area contributed by atoms with Crippen LogP contribution in [-0.4, -0.2) is 16.4 Å². The van der Waals surface area contributed by atoms with Gasteiger partial charge in [0, 0.05) is 6.07 Å². The highest BCUT2D eigenvalue weighted by Gasteiger charge is 2.07. The number of pyridine rings is 1. The summed E-state index contributed by atoms with van der Waals surface area (Å²) in [5, 5.41) is 9.47. The van der Waals surface area contributed by atoms with Gasteiger partial charge < -0.3 is 5.11 Å². The van der Waals surface area contributed by atoms with E-state index in [-0.39, 0.29) is 0 Å². The fourth-order valence-corrected chi connectivity index (χ4v) is 1.29. The Bertz CT molecular complexity index is 288. The number of rotatable bonds is 3. The number of carboxylic acid groups (broad SMARTS) is 1. The molecule has 1 rings (SSSR count). The molecule has 0 atom stereocenters. The third-order valence-corrected chi connectivity index (χ3v) is 1.80. The van der Waals surface area contributed by atoms with Crippen LogP contribution < -0.4 is 4.57 Å². The van der Waals surface area contributed by atoms with Crippen LogP contribution in [0.1, 0.15) is 10.4 Å². The predicted molar refractivity (Wildman–Crippen MR) is 47.4 cm³/mol. The van der Waals surface area contributed by atoms with Crippen molar-refractivity contribution in [1.82, 2.24) is 0 Å². The number of carbonyl (C=O) groups is 1. The molecule has 0 aliphatic rings. The Labute approximate surface area is 78.8 Å². The van der Waals surface area contributed by atoms with Gasteiger partial charge in [-0.1, -0.05) is 15.9 Å². The first-order chi connectivity index (χ1) is 5.74. The van der Waals surface area contributed by atoms with Gasteiger partial charge >= 0.3 is 5.97 Å². The molecule has 0 spiro atoms. The summed E-state index contributed by atoms with van der Waals surface area (Å²) in [4.78, 5) is 10.5. The van der Waals surface area contributed by atoms with Crippen molar-refractivity contribution < 1.29 is 14.5 Å². The van der Waals surface area contributed by atoms with E-state index in [0.29, 0.717) is 5.56 Å². The van der Waals surface area contributed by atoms with Crippen molar-refractivity contribution in [2.75, 3.05) is 5.33 Å². The third kappa shape index (κ3) is 2.30. The topological polar surface area (TPSA) is 41.2 Å². The van der Waals surface area contributed by atoms with Crippen molar-refractivity contribution in [1.29, 1.82) is 0 Å². The second-order valence-electron chi connectivity index (χ2n) is 2.32. The quantitative estimate of drug-likeness (QED) is 0.624. The number of hydrogen-bond acceptors (Lipinski definition) is 1. The lowest BCUT2D eigenvalue weighted by Gasteiger charge is -1.93. The molecule has 4 heteroatoms. The minimum atomic E-state index is -0.890. The number of carboxylic acids is 1. The number of aromatic nitrogens is 1. The summed E-state index contributed by atoms with van der Waals surface area (Å²) in [7, 11) is 0. The van der Waals surface area contributed by atoms with E-state index >= 15 is 0 Å². The lowest BCUT2D eigenvalue weighted by molar-refractivity contribution is -0.692. The molecule has 64 valence electrons. The summed E-state index contributed by atoms with van der Waals surface area (Å²) in [6.45, 7) is 0.779. The normalized spacial score (nSPS) is 9.75. The second kappa shape index (κ2) is 4.21. The summed E-state index contributed by atoms with van der Waals surface area (Å²) in [5.41, 5.74) is 0.318. The maximum Gasteiger partial charge on any atom is 0.341 e. The molecule has 0 bridgehead atoms.